The van der Waals surface area contributed by atoms with Gasteiger partial charge in [0.05, 0.1) is 5.71 Å². The molecule has 0 aromatic carbocycles. The number of hydrogen-bond donors (Lipinski definition) is 1. The monoisotopic (exact) mass is 352 g/mol. The minimum absolute atomic E-state index is 0.0480. The molecule has 7 heteroatoms. The van der Waals surface area contributed by atoms with Crippen molar-refractivity contribution in [1.29, 1.82) is 0 Å². The summed E-state index contributed by atoms with van der Waals surface area (Å²) < 4.78 is 2.08. The van der Waals surface area contributed by atoms with Crippen LogP contribution >= 0.6 is 0 Å². The first-order valence-corrected chi connectivity index (χ1v) is 9.06. The first-order chi connectivity index (χ1) is 11.8. The second kappa shape index (κ2) is 9.56. The molecule has 0 aliphatic rings. The van der Waals surface area contributed by atoms with E-state index in [1.54, 1.807) is 0 Å². The normalized spacial score (nSPS) is 13.5. The molecule has 0 spiro atoms. The number of aromatic nitrogens is 2. The number of nitrogens with zero attached hydrogens (tertiary/aromatic N) is 4. The topological polar surface area (TPSA) is 79.8 Å². The third kappa shape index (κ3) is 5.04. The van der Waals surface area contributed by atoms with Crippen molar-refractivity contribution in [3.05, 3.63) is 26.4 Å². The minimum atomic E-state index is -0.547. The maximum Gasteiger partial charge on any atom is 0.333 e. The van der Waals surface area contributed by atoms with Crippen molar-refractivity contribution in [3.63, 3.8) is 0 Å². The third-order valence-corrected chi connectivity index (χ3v) is 4.62. The van der Waals surface area contributed by atoms with Crippen LogP contribution in [-0.2, 0) is 14.1 Å². The van der Waals surface area contributed by atoms with Crippen molar-refractivity contribution in [2.24, 2.45) is 19.1 Å². The third-order valence-electron chi connectivity index (χ3n) is 4.62. The lowest BCUT2D eigenvalue weighted by Crippen LogP contribution is -2.40. The Morgan fingerprint density at radius 2 is 1.76 bits per heavy atom. The van der Waals surface area contributed by atoms with Crippen LogP contribution in [0.2, 0.25) is 0 Å². The number of hydrogen-bond acceptors (Lipinski definition) is 5. The maximum atomic E-state index is 12.4. The van der Waals surface area contributed by atoms with Gasteiger partial charge in [0, 0.05) is 20.1 Å². The number of aliphatic imine (C=N–C) groups is 1. The van der Waals surface area contributed by atoms with Crippen LogP contribution in [0.1, 0.15) is 52.5 Å². The molecule has 0 bridgehead atoms. The van der Waals surface area contributed by atoms with Crippen molar-refractivity contribution in [1.82, 2.24) is 14.0 Å². The van der Waals surface area contributed by atoms with Crippen LogP contribution in [0.15, 0.2) is 14.6 Å². The van der Waals surface area contributed by atoms with Gasteiger partial charge in [-0.1, -0.05) is 20.8 Å². The van der Waals surface area contributed by atoms with Crippen LogP contribution in [0.4, 0.5) is 0 Å². The lowest BCUT2D eigenvalue weighted by molar-refractivity contribution is 0.294. The van der Waals surface area contributed by atoms with Gasteiger partial charge in [0.2, 0.25) is 5.88 Å². The molecule has 0 saturated heterocycles. The Morgan fingerprint density at radius 3 is 2.28 bits per heavy atom. The van der Waals surface area contributed by atoms with Crippen LogP contribution in [-0.4, -0.2) is 50.5 Å². The highest BCUT2D eigenvalue weighted by Gasteiger charge is 2.19. The van der Waals surface area contributed by atoms with E-state index in [4.69, 9.17) is 0 Å². The Bertz CT molecular complexity index is 714. The summed E-state index contributed by atoms with van der Waals surface area (Å²) in [6.07, 6.45) is 2.45. The first-order valence-electron chi connectivity index (χ1n) is 9.06. The summed E-state index contributed by atoms with van der Waals surface area (Å²) in [4.78, 5) is 31.3. The summed E-state index contributed by atoms with van der Waals surface area (Å²) in [5, 5.41) is 10.3. The Morgan fingerprint density at radius 1 is 1.16 bits per heavy atom. The average Bonchev–Trinajstić information content (AvgIpc) is 2.61. The molecule has 1 atom stereocenters. The van der Waals surface area contributed by atoms with Crippen LogP contribution in [0, 0.1) is 0 Å². The van der Waals surface area contributed by atoms with E-state index < -0.39 is 11.2 Å². The molecular formula is C18H32N4O3. The van der Waals surface area contributed by atoms with Crippen LogP contribution in [0.25, 0.3) is 0 Å². The van der Waals surface area contributed by atoms with Gasteiger partial charge in [0.15, 0.2) is 0 Å². The molecule has 25 heavy (non-hydrogen) atoms. The van der Waals surface area contributed by atoms with Gasteiger partial charge >= 0.3 is 5.69 Å². The molecular weight excluding hydrogens is 320 g/mol. The molecule has 1 aromatic rings. The van der Waals surface area contributed by atoms with Crippen molar-refractivity contribution in [3.8, 4) is 5.88 Å². The molecule has 1 N–H and O–H groups in total. The largest absolute Gasteiger partial charge is 0.494 e. The molecule has 7 nitrogen and oxygen atoms in total. The number of aromatic hydroxyl groups is 1. The van der Waals surface area contributed by atoms with Crippen molar-refractivity contribution in [2.45, 2.75) is 53.0 Å². The highest BCUT2D eigenvalue weighted by molar-refractivity contribution is 6.02. The highest BCUT2D eigenvalue weighted by atomic mass is 16.3. The Kier molecular flexibility index (Phi) is 8.09. The van der Waals surface area contributed by atoms with Crippen LogP contribution in [0.5, 0.6) is 5.88 Å². The summed E-state index contributed by atoms with van der Waals surface area (Å²) >= 11 is 0. The Hall–Kier alpha value is -1.89. The predicted molar refractivity (Wildman–Crippen MR) is 102 cm³/mol. The molecule has 0 amide bonds. The van der Waals surface area contributed by atoms with Gasteiger partial charge in [-0.2, -0.15) is 0 Å². The van der Waals surface area contributed by atoms with Gasteiger partial charge in [-0.15, -0.1) is 0 Å². The predicted octanol–water partition coefficient (Wildman–Crippen LogP) is 1.50. The van der Waals surface area contributed by atoms with Gasteiger partial charge in [0.1, 0.15) is 5.56 Å². The van der Waals surface area contributed by atoms with E-state index >= 15 is 0 Å². The maximum absolute atomic E-state index is 12.4. The standard InChI is InChI=1S/C18H32N4O3/c1-7-14(19-13(4)11-10-12-22(8-2)9-3)15-16(23)20(5)18(25)21(6)17(15)24/h13,23H,7-12H2,1-6H3. The summed E-state index contributed by atoms with van der Waals surface area (Å²) in [6, 6.07) is 0.0480. The van der Waals surface area contributed by atoms with E-state index in [0.717, 1.165) is 41.6 Å². The van der Waals surface area contributed by atoms with E-state index in [1.807, 2.05) is 13.8 Å². The van der Waals surface area contributed by atoms with Crippen molar-refractivity contribution in [2.75, 3.05) is 19.6 Å². The Labute approximate surface area is 149 Å². The molecule has 0 aliphatic carbocycles. The van der Waals surface area contributed by atoms with Crippen molar-refractivity contribution >= 4 is 5.71 Å². The van der Waals surface area contributed by atoms with Crippen LogP contribution < -0.4 is 11.2 Å². The van der Waals surface area contributed by atoms with Gasteiger partial charge in [-0.3, -0.25) is 18.9 Å². The summed E-state index contributed by atoms with van der Waals surface area (Å²) in [5.41, 5.74) is -0.378. The molecule has 0 radical (unpaired) electrons. The zero-order valence-corrected chi connectivity index (χ0v) is 16.4. The molecule has 1 rings (SSSR count). The zero-order chi connectivity index (χ0) is 19.1. The van der Waals surface area contributed by atoms with E-state index in [2.05, 4.69) is 23.7 Å². The van der Waals surface area contributed by atoms with Gasteiger partial charge in [-0.05, 0) is 45.8 Å². The average molecular weight is 352 g/mol. The van der Waals surface area contributed by atoms with E-state index in [-0.39, 0.29) is 17.5 Å². The molecule has 1 unspecified atom stereocenters. The second-order valence-electron chi connectivity index (χ2n) is 6.35. The first kappa shape index (κ1) is 21.2. The van der Waals surface area contributed by atoms with E-state index in [0.29, 0.717) is 12.1 Å². The lowest BCUT2D eigenvalue weighted by Gasteiger charge is -2.18. The van der Waals surface area contributed by atoms with E-state index in [1.165, 1.54) is 14.1 Å². The smallest absolute Gasteiger partial charge is 0.333 e. The fourth-order valence-corrected chi connectivity index (χ4v) is 2.90. The van der Waals surface area contributed by atoms with Gasteiger partial charge in [-0.25, -0.2) is 4.79 Å². The summed E-state index contributed by atoms with van der Waals surface area (Å²) in [6.45, 7) is 11.3. The molecule has 1 aromatic heterocycles. The summed E-state index contributed by atoms with van der Waals surface area (Å²) in [5.74, 6) is -0.316. The molecule has 0 fully saturated rings. The molecule has 0 saturated carbocycles. The number of rotatable bonds is 9. The van der Waals surface area contributed by atoms with Crippen LogP contribution in [0.3, 0.4) is 0 Å². The highest BCUT2D eigenvalue weighted by Crippen LogP contribution is 2.14. The lowest BCUT2D eigenvalue weighted by atomic mass is 10.1. The second-order valence-corrected chi connectivity index (χ2v) is 6.35. The SMILES string of the molecule is CCC(=NC(C)CCCN(CC)CC)c1c(O)n(C)c(=O)n(C)c1=O. The molecule has 0 aliphatic heterocycles. The quantitative estimate of drug-likeness (QED) is 0.683. The summed E-state index contributed by atoms with van der Waals surface area (Å²) in [7, 11) is 2.86. The van der Waals surface area contributed by atoms with E-state index in [9.17, 15) is 14.7 Å². The molecule has 142 valence electrons. The minimum Gasteiger partial charge on any atom is -0.494 e. The fourth-order valence-electron chi connectivity index (χ4n) is 2.90. The molecule has 1 heterocycles. The fraction of sp³-hybridized carbons (Fsp3) is 0.722. The van der Waals surface area contributed by atoms with Gasteiger partial charge in [0.25, 0.3) is 5.56 Å². The Balaban J connectivity index is 3.05. The zero-order valence-electron chi connectivity index (χ0n) is 16.4. The van der Waals surface area contributed by atoms with Crippen molar-refractivity contribution < 1.29 is 5.11 Å². The van der Waals surface area contributed by atoms with Gasteiger partial charge < -0.3 is 10.0 Å².